The number of aliphatic hydroxyl groups is 2. The second-order valence-corrected chi connectivity index (χ2v) is 10.0. The molecule has 0 bridgehead atoms. The molecular weight excluding hydrogens is 460 g/mol. The fraction of sp³-hybridized carbons (Fsp3) is 1.00. The summed E-state index contributed by atoms with van der Waals surface area (Å²) in [4.78, 5) is 19.8. The van der Waals surface area contributed by atoms with Crippen molar-refractivity contribution in [1.29, 1.82) is 0 Å². The van der Waals surface area contributed by atoms with Crippen LogP contribution in [0.2, 0.25) is 0 Å². The first kappa shape index (κ1) is 27.4. The first-order valence-electron chi connectivity index (χ1n) is 9.97. The van der Waals surface area contributed by atoms with Gasteiger partial charge in [-0.1, -0.05) is 0 Å². The van der Waals surface area contributed by atoms with Crippen molar-refractivity contribution < 1.29 is 61.4 Å². The molecule has 2 heterocycles. The third kappa shape index (κ3) is 7.58. The van der Waals surface area contributed by atoms with Crippen molar-refractivity contribution in [3.63, 3.8) is 0 Å². The van der Waals surface area contributed by atoms with Gasteiger partial charge in [0.15, 0.2) is 0 Å². The Hall–Kier alpha value is 0.150. The molecule has 31 heavy (non-hydrogen) atoms. The van der Waals surface area contributed by atoms with Gasteiger partial charge in [-0.25, -0.2) is 9.13 Å². The molecule has 0 saturated carbocycles. The third-order valence-electron chi connectivity index (χ3n) is 4.84. The van der Waals surface area contributed by atoms with Crippen LogP contribution in [0.4, 0.5) is 0 Å². The van der Waals surface area contributed by atoms with Crippen LogP contribution in [0.5, 0.6) is 0 Å². The van der Waals surface area contributed by atoms with Crippen molar-refractivity contribution in [2.45, 2.75) is 62.5 Å². The van der Waals surface area contributed by atoms with E-state index >= 15 is 0 Å². The van der Waals surface area contributed by atoms with E-state index in [1.54, 1.807) is 14.8 Å². The Morgan fingerprint density at radius 1 is 0.806 bits per heavy atom. The lowest BCUT2D eigenvalue weighted by molar-refractivity contribution is -0.0424. The van der Waals surface area contributed by atoms with Crippen molar-refractivity contribution in [2.24, 2.45) is 0 Å². The van der Waals surface area contributed by atoms with E-state index in [1.165, 1.54) is 14.8 Å². The van der Waals surface area contributed by atoms with E-state index in [2.05, 4.69) is 4.52 Å². The Labute approximate surface area is 182 Å². The second-order valence-electron chi connectivity index (χ2n) is 7.19. The molecule has 0 amide bonds. The Morgan fingerprint density at radius 3 is 1.71 bits per heavy atom. The lowest BCUT2D eigenvalue weighted by atomic mass is 9.93. The van der Waals surface area contributed by atoms with E-state index in [4.69, 9.17) is 27.8 Å². The number of phosphoric ester groups is 2. The van der Waals surface area contributed by atoms with E-state index in [0.29, 0.717) is 6.61 Å². The summed E-state index contributed by atoms with van der Waals surface area (Å²) < 4.78 is 60.2. The average Bonchev–Trinajstić information content (AvgIpc) is 3.09. The van der Waals surface area contributed by atoms with Gasteiger partial charge in [-0.3, -0.25) is 18.1 Å². The molecule has 2 fully saturated rings. The fourth-order valence-electron chi connectivity index (χ4n) is 3.30. The largest absolute Gasteiger partial charge is 0.472 e. The van der Waals surface area contributed by atoms with E-state index in [0.717, 1.165) is 0 Å². The average molecular weight is 490 g/mol. The highest BCUT2D eigenvalue weighted by Gasteiger charge is 2.49. The van der Waals surface area contributed by atoms with Crippen molar-refractivity contribution >= 4 is 31.3 Å². The number of hydrogen-bond donors (Lipinski definition) is 4. The number of rotatable bonds is 12. The predicted molar refractivity (Wildman–Crippen MR) is 110 cm³/mol. The number of phosphoric acid groups is 2. The maximum absolute atomic E-state index is 12.5. The highest BCUT2D eigenvalue weighted by atomic mass is 31.2. The lowest BCUT2D eigenvalue weighted by Gasteiger charge is -2.25. The maximum atomic E-state index is 12.5. The van der Waals surface area contributed by atoms with Gasteiger partial charge in [0.2, 0.25) is 0 Å². The molecule has 10 atom stereocenters. The van der Waals surface area contributed by atoms with Crippen molar-refractivity contribution in [1.82, 2.24) is 0 Å². The van der Waals surface area contributed by atoms with Crippen LogP contribution in [0.1, 0.15) is 13.8 Å². The molecule has 2 aliphatic rings. The van der Waals surface area contributed by atoms with Crippen molar-refractivity contribution in [2.75, 3.05) is 26.4 Å². The zero-order valence-electron chi connectivity index (χ0n) is 17.8. The Bertz CT molecular complexity index is 672. The van der Waals surface area contributed by atoms with Crippen molar-refractivity contribution in [3.05, 3.63) is 0 Å². The molecule has 4 N–H and O–H groups in total. The Balaban J connectivity index is 2.00. The summed E-state index contributed by atoms with van der Waals surface area (Å²) in [5.41, 5.74) is 0. The van der Waals surface area contributed by atoms with Gasteiger partial charge in [-0.05, 0) is 13.8 Å². The molecular formula is C14H30B2O13P2. The molecule has 0 radical (unpaired) electrons. The van der Waals surface area contributed by atoms with Crippen LogP contribution < -0.4 is 0 Å². The van der Waals surface area contributed by atoms with Crippen LogP contribution in [0.15, 0.2) is 0 Å². The monoisotopic (exact) mass is 490 g/mol. The van der Waals surface area contributed by atoms with Crippen LogP contribution in [0.25, 0.3) is 0 Å². The quantitative estimate of drug-likeness (QED) is 0.167. The number of hydrogen-bond acceptors (Lipinski definition) is 11. The van der Waals surface area contributed by atoms with E-state index < -0.39 is 70.9 Å². The van der Waals surface area contributed by atoms with Crippen LogP contribution >= 0.6 is 15.6 Å². The van der Waals surface area contributed by atoms with Gasteiger partial charge >= 0.3 is 15.6 Å². The normalized spacial score (nSPS) is 39.9. The molecule has 0 aromatic rings. The third-order valence-corrected chi connectivity index (χ3v) is 6.92. The van der Waals surface area contributed by atoms with E-state index in [-0.39, 0.29) is 13.2 Å². The minimum Gasteiger partial charge on any atom is -0.388 e. The number of ether oxygens (including phenoxy) is 3. The fourth-order valence-corrected chi connectivity index (χ4v) is 5.22. The zero-order valence-corrected chi connectivity index (χ0v) is 19.6. The van der Waals surface area contributed by atoms with Crippen LogP contribution in [-0.2, 0) is 41.4 Å². The summed E-state index contributed by atoms with van der Waals surface area (Å²) in [6.45, 7) is 2.94. The molecule has 2 rings (SSSR count). The van der Waals surface area contributed by atoms with Gasteiger partial charge in [-0.2, -0.15) is 0 Å². The smallest absolute Gasteiger partial charge is 0.388 e. The summed E-state index contributed by atoms with van der Waals surface area (Å²) >= 11 is 0. The van der Waals surface area contributed by atoms with Gasteiger partial charge < -0.3 is 34.2 Å². The topological polar surface area (TPSA) is 180 Å². The van der Waals surface area contributed by atoms with Crippen LogP contribution in [0.3, 0.4) is 0 Å². The SMILES string of the molecule is B[C@@H]1O[C@H](COCC)C(OP(=O)(O)OC[C@H]2O[C@@H](B)C(O)C2OP(=O)(O)OCC)C1O. The molecule has 13 nitrogen and oxygen atoms in total. The van der Waals surface area contributed by atoms with Gasteiger partial charge in [0.1, 0.15) is 52.3 Å². The minimum atomic E-state index is -4.73. The first-order valence-corrected chi connectivity index (χ1v) is 13.0. The lowest BCUT2D eigenvalue weighted by Crippen LogP contribution is -2.38. The van der Waals surface area contributed by atoms with Crippen molar-refractivity contribution in [3.8, 4) is 0 Å². The molecule has 0 aromatic heterocycles. The zero-order chi connectivity index (χ0) is 23.4. The highest BCUT2D eigenvalue weighted by molar-refractivity contribution is 7.47. The molecule has 180 valence electrons. The van der Waals surface area contributed by atoms with E-state index in [1.807, 2.05) is 0 Å². The number of aliphatic hydroxyl groups excluding tert-OH is 2. The Morgan fingerprint density at radius 2 is 1.26 bits per heavy atom. The van der Waals surface area contributed by atoms with Gasteiger partial charge in [-0.15, -0.1) is 0 Å². The summed E-state index contributed by atoms with van der Waals surface area (Å²) in [6.07, 6.45) is -7.01. The summed E-state index contributed by atoms with van der Waals surface area (Å²) in [5, 5.41) is 20.4. The van der Waals surface area contributed by atoms with Gasteiger partial charge in [0, 0.05) is 6.61 Å². The molecule has 2 saturated heterocycles. The molecule has 0 aliphatic carbocycles. The summed E-state index contributed by atoms with van der Waals surface area (Å²) in [6, 6.07) is -1.46. The predicted octanol–water partition coefficient (Wildman–Crippen LogP) is -2.51. The van der Waals surface area contributed by atoms with Crippen LogP contribution in [-0.4, -0.2) is 111 Å². The molecule has 0 aromatic carbocycles. The molecule has 0 spiro atoms. The minimum absolute atomic E-state index is 0.0388. The molecule has 2 aliphatic heterocycles. The maximum Gasteiger partial charge on any atom is 0.472 e. The first-order chi connectivity index (χ1) is 14.4. The highest BCUT2D eigenvalue weighted by Crippen LogP contribution is 2.50. The summed E-state index contributed by atoms with van der Waals surface area (Å²) in [5.74, 6) is 0. The standard InChI is InChI=1S/C14H30B2O13P2/c1-3-23-5-7-11(9(17)13(15)26-7)29-31(21,22)25-6-8-12(10(18)14(16)27-8)28-30(19,20)24-4-2/h7-14,17-18H,3-6,15-16H2,1-2H3,(H,19,20)(H,21,22)/t7-,8-,9?,10?,11?,12?,13-,14-/m1/s1. The molecule has 17 heteroatoms. The summed E-state index contributed by atoms with van der Waals surface area (Å²) in [7, 11) is -6.15. The van der Waals surface area contributed by atoms with Gasteiger partial charge in [0.05, 0.1) is 31.8 Å². The Kier molecular flexibility index (Phi) is 10.2. The van der Waals surface area contributed by atoms with E-state index in [9.17, 15) is 29.1 Å². The molecule has 6 unspecified atom stereocenters. The van der Waals surface area contributed by atoms with Crippen LogP contribution in [0, 0.1) is 0 Å². The second kappa shape index (κ2) is 11.5. The van der Waals surface area contributed by atoms with Gasteiger partial charge in [0.25, 0.3) is 0 Å².